The predicted molar refractivity (Wildman–Crippen MR) is 77.8 cm³/mol. The Balaban J connectivity index is 2.66. The summed E-state index contributed by atoms with van der Waals surface area (Å²) in [5.41, 5.74) is 0. The Morgan fingerprint density at radius 1 is 1.26 bits per heavy atom. The number of rotatable bonds is 7. The molecule has 0 saturated carbocycles. The molecule has 0 aliphatic carbocycles. The lowest BCUT2D eigenvalue weighted by molar-refractivity contribution is 0.223. The molecule has 0 radical (unpaired) electrons. The molecule has 0 bridgehead atoms. The zero-order valence-corrected chi connectivity index (χ0v) is 13.2. The van der Waals surface area contributed by atoms with Crippen molar-refractivity contribution in [2.75, 3.05) is 26.2 Å². The van der Waals surface area contributed by atoms with Crippen LogP contribution in [0.15, 0.2) is 23.1 Å². The van der Waals surface area contributed by atoms with Crippen molar-refractivity contribution in [1.29, 1.82) is 0 Å². The number of hydrogen-bond donors (Lipinski definition) is 0. The van der Waals surface area contributed by atoms with Crippen LogP contribution in [-0.4, -0.2) is 39.6 Å². The molecular weight excluding hydrogens is 309 g/mol. The third kappa shape index (κ3) is 5.18. The summed E-state index contributed by atoms with van der Waals surface area (Å²) in [4.78, 5) is 2.18. The van der Waals surface area contributed by atoms with Gasteiger partial charge < -0.3 is 9.64 Å². The highest BCUT2D eigenvalue weighted by molar-refractivity contribution is 8.13. The number of nitrogens with zero attached hydrogens (tertiary/aromatic N) is 1. The highest BCUT2D eigenvalue weighted by atomic mass is 35.7. The standard InChI is InChI=1S/C12H17Cl2NO3S/c1-3-15(4-2)7-8-18-12-6-5-10(9-11(12)13)19(14,16)17/h5-6,9H,3-4,7-8H2,1-2H3. The summed E-state index contributed by atoms with van der Waals surface area (Å²) < 4.78 is 27.8. The van der Waals surface area contributed by atoms with E-state index in [2.05, 4.69) is 18.7 Å². The van der Waals surface area contributed by atoms with Crippen molar-refractivity contribution < 1.29 is 13.2 Å². The molecule has 0 amide bonds. The van der Waals surface area contributed by atoms with Gasteiger partial charge in [-0.25, -0.2) is 8.42 Å². The average molecular weight is 326 g/mol. The summed E-state index contributed by atoms with van der Waals surface area (Å²) in [5.74, 6) is 0.456. The Bertz CT molecular complexity index is 516. The van der Waals surface area contributed by atoms with Crippen molar-refractivity contribution in [3.63, 3.8) is 0 Å². The van der Waals surface area contributed by atoms with Crippen molar-refractivity contribution in [2.45, 2.75) is 18.7 Å². The third-order valence-electron chi connectivity index (χ3n) is 2.74. The summed E-state index contributed by atoms with van der Waals surface area (Å²) in [6.07, 6.45) is 0. The van der Waals surface area contributed by atoms with E-state index in [4.69, 9.17) is 27.0 Å². The van der Waals surface area contributed by atoms with Gasteiger partial charge in [-0.15, -0.1) is 0 Å². The maximum atomic E-state index is 11.1. The Kier molecular flexibility index (Phi) is 6.39. The molecule has 1 rings (SSSR count). The number of likely N-dealkylation sites (N-methyl/N-ethyl adjacent to an activating group) is 1. The average Bonchev–Trinajstić information content (AvgIpc) is 2.35. The normalized spacial score (nSPS) is 11.8. The maximum Gasteiger partial charge on any atom is 0.261 e. The SMILES string of the molecule is CCN(CC)CCOc1ccc(S(=O)(=O)Cl)cc1Cl. The van der Waals surface area contributed by atoms with Gasteiger partial charge >= 0.3 is 0 Å². The smallest absolute Gasteiger partial charge is 0.261 e. The van der Waals surface area contributed by atoms with Crippen LogP contribution in [0.25, 0.3) is 0 Å². The van der Waals surface area contributed by atoms with Crippen molar-refractivity contribution in [2.24, 2.45) is 0 Å². The quantitative estimate of drug-likeness (QED) is 0.723. The molecule has 0 aliphatic rings. The van der Waals surface area contributed by atoms with E-state index in [1.165, 1.54) is 18.2 Å². The van der Waals surface area contributed by atoms with Crippen LogP contribution < -0.4 is 4.74 Å². The van der Waals surface area contributed by atoms with E-state index in [0.29, 0.717) is 12.4 Å². The molecule has 0 atom stereocenters. The van der Waals surface area contributed by atoms with Gasteiger partial charge in [-0.3, -0.25) is 0 Å². The maximum absolute atomic E-state index is 11.1. The summed E-state index contributed by atoms with van der Waals surface area (Å²) in [6, 6.07) is 4.18. The van der Waals surface area contributed by atoms with Gasteiger partial charge in [-0.2, -0.15) is 0 Å². The summed E-state index contributed by atoms with van der Waals surface area (Å²) in [6.45, 7) is 7.36. The largest absolute Gasteiger partial charge is 0.491 e. The van der Waals surface area contributed by atoms with Crippen molar-refractivity contribution >= 4 is 31.3 Å². The Hall–Kier alpha value is -0.490. The monoisotopic (exact) mass is 325 g/mol. The number of hydrogen-bond acceptors (Lipinski definition) is 4. The van der Waals surface area contributed by atoms with Crippen LogP contribution in [0.5, 0.6) is 5.75 Å². The van der Waals surface area contributed by atoms with Gasteiger partial charge in [-0.1, -0.05) is 25.4 Å². The molecule has 108 valence electrons. The molecule has 1 aromatic carbocycles. The van der Waals surface area contributed by atoms with E-state index in [1.807, 2.05) is 0 Å². The molecule has 0 saturated heterocycles. The zero-order valence-electron chi connectivity index (χ0n) is 10.9. The van der Waals surface area contributed by atoms with Crippen LogP contribution in [0, 0.1) is 0 Å². The van der Waals surface area contributed by atoms with Crippen LogP contribution >= 0.6 is 22.3 Å². The van der Waals surface area contributed by atoms with Crippen molar-refractivity contribution in [1.82, 2.24) is 4.90 Å². The van der Waals surface area contributed by atoms with E-state index >= 15 is 0 Å². The first kappa shape index (κ1) is 16.6. The van der Waals surface area contributed by atoms with Gasteiger partial charge in [0.05, 0.1) is 9.92 Å². The Morgan fingerprint density at radius 2 is 1.89 bits per heavy atom. The zero-order chi connectivity index (χ0) is 14.5. The minimum Gasteiger partial charge on any atom is -0.491 e. The molecule has 19 heavy (non-hydrogen) atoms. The fraction of sp³-hybridized carbons (Fsp3) is 0.500. The van der Waals surface area contributed by atoms with Crippen molar-refractivity contribution in [3.05, 3.63) is 23.2 Å². The molecule has 1 aromatic rings. The molecule has 4 nitrogen and oxygen atoms in total. The van der Waals surface area contributed by atoms with Crippen molar-refractivity contribution in [3.8, 4) is 5.75 Å². The van der Waals surface area contributed by atoms with Gasteiger partial charge in [0.15, 0.2) is 0 Å². The van der Waals surface area contributed by atoms with Gasteiger partial charge in [0, 0.05) is 17.2 Å². The first-order chi connectivity index (χ1) is 8.88. The van der Waals surface area contributed by atoms with Gasteiger partial charge in [0.1, 0.15) is 12.4 Å². The first-order valence-electron chi connectivity index (χ1n) is 5.97. The van der Waals surface area contributed by atoms with Crippen LogP contribution in [0.3, 0.4) is 0 Å². The van der Waals surface area contributed by atoms with Crippen LogP contribution in [0.4, 0.5) is 0 Å². The second kappa shape index (κ2) is 7.33. The van der Waals surface area contributed by atoms with Gasteiger partial charge in [-0.05, 0) is 31.3 Å². The predicted octanol–water partition coefficient (Wildman–Crippen LogP) is 2.99. The molecule has 0 spiro atoms. The number of benzene rings is 1. The number of halogens is 2. The fourth-order valence-corrected chi connectivity index (χ4v) is 2.65. The minimum absolute atomic E-state index is 0.0322. The Morgan fingerprint density at radius 3 is 2.37 bits per heavy atom. The lowest BCUT2D eigenvalue weighted by atomic mass is 10.3. The van der Waals surface area contributed by atoms with Crippen LogP contribution in [0.2, 0.25) is 5.02 Å². The van der Waals surface area contributed by atoms with Gasteiger partial charge in [0.25, 0.3) is 9.05 Å². The van der Waals surface area contributed by atoms with E-state index < -0.39 is 9.05 Å². The first-order valence-corrected chi connectivity index (χ1v) is 8.66. The lowest BCUT2D eigenvalue weighted by Gasteiger charge is -2.18. The molecule has 0 fully saturated rings. The van der Waals surface area contributed by atoms with E-state index in [1.54, 1.807) is 0 Å². The highest BCUT2D eigenvalue weighted by Crippen LogP contribution is 2.28. The molecule has 0 heterocycles. The second-order valence-corrected chi connectivity index (χ2v) is 6.88. The summed E-state index contributed by atoms with van der Waals surface area (Å²) >= 11 is 5.96. The number of ether oxygens (including phenoxy) is 1. The van der Waals surface area contributed by atoms with Gasteiger partial charge in [0.2, 0.25) is 0 Å². The topological polar surface area (TPSA) is 46.6 Å². The minimum atomic E-state index is -3.76. The molecule has 7 heteroatoms. The second-order valence-electron chi connectivity index (χ2n) is 3.91. The van der Waals surface area contributed by atoms with Crippen LogP contribution in [0.1, 0.15) is 13.8 Å². The molecule has 0 aliphatic heterocycles. The lowest BCUT2D eigenvalue weighted by Crippen LogP contribution is -2.27. The van der Waals surface area contributed by atoms with Crippen LogP contribution in [-0.2, 0) is 9.05 Å². The molecule has 0 unspecified atom stereocenters. The van der Waals surface area contributed by atoms with E-state index in [9.17, 15) is 8.42 Å². The molecular formula is C12H17Cl2NO3S. The molecule has 0 N–H and O–H groups in total. The Labute approximate surface area is 123 Å². The fourth-order valence-electron chi connectivity index (χ4n) is 1.57. The van der Waals surface area contributed by atoms with E-state index in [0.717, 1.165) is 19.6 Å². The summed E-state index contributed by atoms with van der Waals surface area (Å²) in [5, 5.41) is 0.237. The third-order valence-corrected chi connectivity index (χ3v) is 4.39. The summed E-state index contributed by atoms with van der Waals surface area (Å²) in [7, 11) is 1.47. The molecule has 0 aromatic heterocycles. The van der Waals surface area contributed by atoms with E-state index in [-0.39, 0.29) is 9.92 Å². The highest BCUT2D eigenvalue weighted by Gasteiger charge is 2.13.